The van der Waals surface area contributed by atoms with Crippen molar-refractivity contribution in [2.24, 2.45) is 0 Å². The Labute approximate surface area is 95.7 Å². The van der Waals surface area contributed by atoms with Crippen molar-refractivity contribution in [1.29, 1.82) is 0 Å². The minimum Gasteiger partial charge on any atom is -0.396 e. The SMILES string of the molecule is CC(C)NC(=O)CN(C)c1ccncc1N. The molecular formula is C11H18N4O. The first-order valence-corrected chi connectivity index (χ1v) is 5.20. The molecular weight excluding hydrogens is 204 g/mol. The average molecular weight is 222 g/mol. The van der Waals surface area contributed by atoms with Gasteiger partial charge in [0, 0.05) is 19.3 Å². The van der Waals surface area contributed by atoms with Crippen LogP contribution in [0.2, 0.25) is 0 Å². The van der Waals surface area contributed by atoms with Gasteiger partial charge in [0.1, 0.15) is 0 Å². The number of carbonyl (C=O) groups excluding carboxylic acids is 1. The molecule has 3 N–H and O–H groups in total. The molecule has 0 aliphatic heterocycles. The van der Waals surface area contributed by atoms with E-state index in [4.69, 9.17) is 5.73 Å². The summed E-state index contributed by atoms with van der Waals surface area (Å²) >= 11 is 0. The average Bonchev–Trinajstić information content (AvgIpc) is 2.16. The Bertz CT molecular complexity index is 365. The van der Waals surface area contributed by atoms with Gasteiger partial charge in [-0.15, -0.1) is 0 Å². The lowest BCUT2D eigenvalue weighted by Gasteiger charge is -2.20. The molecule has 0 atom stereocenters. The molecule has 0 fully saturated rings. The molecule has 5 nitrogen and oxygen atoms in total. The first-order valence-electron chi connectivity index (χ1n) is 5.20. The molecule has 0 unspecified atom stereocenters. The van der Waals surface area contributed by atoms with Crippen molar-refractivity contribution in [3.05, 3.63) is 18.5 Å². The maximum Gasteiger partial charge on any atom is 0.239 e. The van der Waals surface area contributed by atoms with Crippen molar-refractivity contribution < 1.29 is 4.79 Å². The van der Waals surface area contributed by atoms with Crippen molar-refractivity contribution in [3.63, 3.8) is 0 Å². The van der Waals surface area contributed by atoms with Gasteiger partial charge in [0.2, 0.25) is 5.91 Å². The number of hydrogen-bond acceptors (Lipinski definition) is 4. The second-order valence-corrected chi connectivity index (χ2v) is 4.01. The van der Waals surface area contributed by atoms with Crippen molar-refractivity contribution in [3.8, 4) is 0 Å². The molecule has 1 aromatic rings. The summed E-state index contributed by atoms with van der Waals surface area (Å²) in [4.78, 5) is 17.2. The highest BCUT2D eigenvalue weighted by molar-refractivity contribution is 5.82. The van der Waals surface area contributed by atoms with Crippen LogP contribution in [0.25, 0.3) is 0 Å². The monoisotopic (exact) mass is 222 g/mol. The van der Waals surface area contributed by atoms with Gasteiger partial charge in [-0.2, -0.15) is 0 Å². The molecule has 5 heteroatoms. The van der Waals surface area contributed by atoms with E-state index in [2.05, 4.69) is 10.3 Å². The maximum atomic E-state index is 11.5. The number of nitrogen functional groups attached to an aromatic ring is 1. The Balaban J connectivity index is 2.62. The molecule has 1 heterocycles. The number of nitrogens with zero attached hydrogens (tertiary/aromatic N) is 2. The number of anilines is 2. The molecule has 16 heavy (non-hydrogen) atoms. The largest absolute Gasteiger partial charge is 0.396 e. The zero-order chi connectivity index (χ0) is 12.1. The van der Waals surface area contributed by atoms with Gasteiger partial charge in [-0.25, -0.2) is 0 Å². The molecule has 0 spiro atoms. The van der Waals surface area contributed by atoms with Gasteiger partial charge in [-0.05, 0) is 19.9 Å². The van der Waals surface area contributed by atoms with Crippen LogP contribution in [0.5, 0.6) is 0 Å². The molecule has 0 saturated heterocycles. The fourth-order valence-corrected chi connectivity index (χ4v) is 1.42. The quantitative estimate of drug-likeness (QED) is 0.783. The topological polar surface area (TPSA) is 71.2 Å². The first kappa shape index (κ1) is 12.3. The lowest BCUT2D eigenvalue weighted by molar-refractivity contribution is -0.120. The van der Waals surface area contributed by atoms with E-state index in [1.807, 2.05) is 20.9 Å². The van der Waals surface area contributed by atoms with Crippen LogP contribution in [-0.2, 0) is 4.79 Å². The van der Waals surface area contributed by atoms with Gasteiger partial charge in [0.15, 0.2) is 0 Å². The van der Waals surface area contributed by atoms with Crippen LogP contribution in [0.15, 0.2) is 18.5 Å². The third-order valence-corrected chi connectivity index (χ3v) is 2.07. The number of nitrogens with one attached hydrogen (secondary N) is 1. The van der Waals surface area contributed by atoms with Crippen LogP contribution >= 0.6 is 0 Å². The zero-order valence-corrected chi connectivity index (χ0v) is 9.90. The van der Waals surface area contributed by atoms with Crippen LogP contribution in [0.1, 0.15) is 13.8 Å². The number of aromatic nitrogens is 1. The van der Waals surface area contributed by atoms with E-state index in [-0.39, 0.29) is 18.5 Å². The molecule has 88 valence electrons. The molecule has 0 aliphatic rings. The number of rotatable bonds is 4. The summed E-state index contributed by atoms with van der Waals surface area (Å²) < 4.78 is 0. The molecule has 0 saturated carbocycles. The minimum atomic E-state index is -0.0197. The van der Waals surface area contributed by atoms with E-state index < -0.39 is 0 Å². The van der Waals surface area contributed by atoms with Gasteiger partial charge in [-0.1, -0.05) is 0 Å². The highest BCUT2D eigenvalue weighted by atomic mass is 16.2. The molecule has 0 aromatic carbocycles. The Morgan fingerprint density at radius 2 is 2.31 bits per heavy atom. The molecule has 0 bridgehead atoms. The van der Waals surface area contributed by atoms with E-state index in [0.29, 0.717) is 5.69 Å². The zero-order valence-electron chi connectivity index (χ0n) is 9.90. The van der Waals surface area contributed by atoms with Crippen LogP contribution in [0.4, 0.5) is 11.4 Å². The van der Waals surface area contributed by atoms with Gasteiger partial charge in [0.25, 0.3) is 0 Å². The van der Waals surface area contributed by atoms with Gasteiger partial charge >= 0.3 is 0 Å². The molecule has 1 amide bonds. The van der Waals surface area contributed by atoms with Crippen molar-refractivity contribution >= 4 is 17.3 Å². The van der Waals surface area contributed by atoms with E-state index in [1.54, 1.807) is 23.4 Å². The smallest absolute Gasteiger partial charge is 0.239 e. The number of pyridine rings is 1. The van der Waals surface area contributed by atoms with Crippen molar-refractivity contribution in [2.45, 2.75) is 19.9 Å². The van der Waals surface area contributed by atoms with E-state index in [9.17, 15) is 4.79 Å². The normalized spacial score (nSPS) is 10.2. The highest BCUT2D eigenvalue weighted by Crippen LogP contribution is 2.19. The Kier molecular flexibility index (Phi) is 4.10. The summed E-state index contributed by atoms with van der Waals surface area (Å²) in [5, 5.41) is 2.83. The number of likely N-dealkylation sites (N-methyl/N-ethyl adjacent to an activating group) is 1. The molecule has 0 radical (unpaired) electrons. The third kappa shape index (κ3) is 3.42. The number of carbonyl (C=O) groups is 1. The second kappa shape index (κ2) is 5.34. The van der Waals surface area contributed by atoms with Gasteiger partial charge in [-0.3, -0.25) is 9.78 Å². The predicted molar refractivity (Wildman–Crippen MR) is 65.2 cm³/mol. The summed E-state index contributed by atoms with van der Waals surface area (Å²) in [6.07, 6.45) is 3.23. The number of amides is 1. The van der Waals surface area contributed by atoms with Crippen LogP contribution < -0.4 is 16.0 Å². The lowest BCUT2D eigenvalue weighted by atomic mass is 10.3. The third-order valence-electron chi connectivity index (χ3n) is 2.07. The maximum absolute atomic E-state index is 11.5. The molecule has 1 aromatic heterocycles. The summed E-state index contributed by atoms with van der Waals surface area (Å²) in [5.41, 5.74) is 7.15. The summed E-state index contributed by atoms with van der Waals surface area (Å²) in [6, 6.07) is 1.94. The lowest BCUT2D eigenvalue weighted by Crippen LogP contribution is -2.38. The van der Waals surface area contributed by atoms with E-state index in [0.717, 1.165) is 5.69 Å². The van der Waals surface area contributed by atoms with Crippen LogP contribution in [-0.4, -0.2) is 30.5 Å². The Morgan fingerprint density at radius 3 is 2.88 bits per heavy atom. The van der Waals surface area contributed by atoms with Crippen LogP contribution in [0, 0.1) is 0 Å². The minimum absolute atomic E-state index is 0.0197. The summed E-state index contributed by atoms with van der Waals surface area (Å²) in [5.74, 6) is -0.0197. The summed E-state index contributed by atoms with van der Waals surface area (Å²) in [7, 11) is 1.82. The highest BCUT2D eigenvalue weighted by Gasteiger charge is 2.10. The second-order valence-electron chi connectivity index (χ2n) is 4.01. The number of nitrogens with two attached hydrogens (primary N) is 1. The standard InChI is InChI=1S/C11H18N4O/c1-8(2)14-11(16)7-15(3)10-4-5-13-6-9(10)12/h4-6,8H,7,12H2,1-3H3,(H,14,16). The van der Waals surface area contributed by atoms with Crippen molar-refractivity contribution in [1.82, 2.24) is 10.3 Å². The Hall–Kier alpha value is -1.78. The van der Waals surface area contributed by atoms with E-state index in [1.165, 1.54) is 0 Å². The van der Waals surface area contributed by atoms with Crippen LogP contribution in [0.3, 0.4) is 0 Å². The van der Waals surface area contributed by atoms with E-state index >= 15 is 0 Å². The molecule has 1 rings (SSSR count). The fraction of sp³-hybridized carbons (Fsp3) is 0.455. The number of hydrogen-bond donors (Lipinski definition) is 2. The first-order chi connectivity index (χ1) is 7.50. The fourth-order valence-electron chi connectivity index (χ4n) is 1.42. The van der Waals surface area contributed by atoms with Crippen molar-refractivity contribution in [2.75, 3.05) is 24.2 Å². The Morgan fingerprint density at radius 1 is 1.62 bits per heavy atom. The molecule has 0 aliphatic carbocycles. The van der Waals surface area contributed by atoms with Gasteiger partial charge < -0.3 is 16.0 Å². The van der Waals surface area contributed by atoms with Gasteiger partial charge in [0.05, 0.1) is 24.1 Å². The predicted octanol–water partition coefficient (Wildman–Crippen LogP) is 0.625. The summed E-state index contributed by atoms with van der Waals surface area (Å²) in [6.45, 7) is 4.14.